The smallest absolute Gasteiger partial charge is 0.360 e. The minimum absolute atomic E-state index is 0.0236. The largest absolute Gasteiger partial charge is 0.471 e. The molecule has 1 N–H and O–H groups in total. The highest BCUT2D eigenvalue weighted by Gasteiger charge is 2.38. The van der Waals surface area contributed by atoms with Crippen LogP contribution in [0, 0.1) is 0 Å². The zero-order valence-corrected chi connectivity index (χ0v) is 14.0. The quantitative estimate of drug-likeness (QED) is 0.511. The SMILES string of the molecule is O=C(c1nc(-c2noc(C(F)(F)F)n2)cs1)c1c[nH]c2ccc(Cl)cc12. The minimum Gasteiger partial charge on any atom is -0.360 e. The zero-order valence-electron chi connectivity index (χ0n) is 12.5. The van der Waals surface area contributed by atoms with Gasteiger partial charge in [-0.15, -0.1) is 11.3 Å². The van der Waals surface area contributed by atoms with Crippen molar-refractivity contribution in [2.75, 3.05) is 0 Å². The van der Waals surface area contributed by atoms with Crippen LogP contribution in [0.5, 0.6) is 0 Å². The summed E-state index contributed by atoms with van der Waals surface area (Å²) in [6, 6.07) is 5.06. The summed E-state index contributed by atoms with van der Waals surface area (Å²) in [4.78, 5) is 22.9. The Morgan fingerprint density at radius 2 is 2.08 bits per heavy atom. The Morgan fingerprint density at radius 1 is 1.27 bits per heavy atom. The van der Waals surface area contributed by atoms with Gasteiger partial charge in [-0.2, -0.15) is 18.2 Å². The van der Waals surface area contributed by atoms with Crippen LogP contribution in [0.4, 0.5) is 13.2 Å². The average Bonchev–Trinajstić information content (AvgIpc) is 3.31. The van der Waals surface area contributed by atoms with E-state index in [1.54, 1.807) is 18.2 Å². The van der Waals surface area contributed by atoms with Gasteiger partial charge in [-0.3, -0.25) is 4.79 Å². The van der Waals surface area contributed by atoms with E-state index in [-0.39, 0.29) is 16.5 Å². The molecule has 0 atom stereocenters. The number of ketones is 1. The topological polar surface area (TPSA) is 84.7 Å². The molecule has 0 saturated heterocycles. The first kappa shape index (κ1) is 16.7. The number of nitrogens with one attached hydrogen (secondary N) is 1. The van der Waals surface area contributed by atoms with Crippen molar-refractivity contribution in [2.45, 2.75) is 6.18 Å². The molecule has 6 nitrogen and oxygen atoms in total. The fraction of sp³-hybridized carbons (Fsp3) is 0.0667. The van der Waals surface area contributed by atoms with E-state index in [9.17, 15) is 18.0 Å². The van der Waals surface area contributed by atoms with Gasteiger partial charge in [0.1, 0.15) is 5.69 Å². The van der Waals surface area contributed by atoms with Gasteiger partial charge in [-0.25, -0.2) is 4.98 Å². The number of hydrogen-bond donors (Lipinski definition) is 1. The Morgan fingerprint density at radius 3 is 2.81 bits per heavy atom. The third-order valence-electron chi connectivity index (χ3n) is 3.48. The Kier molecular flexibility index (Phi) is 3.81. The summed E-state index contributed by atoms with van der Waals surface area (Å²) in [7, 11) is 0. The van der Waals surface area contributed by atoms with Gasteiger partial charge in [0.2, 0.25) is 11.6 Å². The van der Waals surface area contributed by atoms with Gasteiger partial charge in [0.15, 0.2) is 5.01 Å². The molecule has 132 valence electrons. The molecule has 0 spiro atoms. The molecule has 0 fully saturated rings. The number of hydrogen-bond acceptors (Lipinski definition) is 6. The Hall–Kier alpha value is -2.72. The average molecular weight is 399 g/mol. The molecule has 0 aliphatic rings. The molecule has 0 aliphatic carbocycles. The Bertz CT molecular complexity index is 1130. The third-order valence-corrected chi connectivity index (χ3v) is 4.56. The van der Waals surface area contributed by atoms with Gasteiger partial charge in [0.25, 0.3) is 0 Å². The fourth-order valence-electron chi connectivity index (χ4n) is 2.32. The summed E-state index contributed by atoms with van der Waals surface area (Å²) in [6.45, 7) is 0. The predicted octanol–water partition coefficient (Wildman–Crippen LogP) is 4.58. The van der Waals surface area contributed by atoms with Crippen molar-refractivity contribution in [3.8, 4) is 11.5 Å². The molecular weight excluding hydrogens is 393 g/mol. The second kappa shape index (κ2) is 5.92. The van der Waals surface area contributed by atoms with E-state index in [1.807, 2.05) is 0 Å². The number of aromatic amines is 1. The van der Waals surface area contributed by atoms with Crippen LogP contribution in [0.2, 0.25) is 5.02 Å². The molecular formula is C15H6ClF3N4O2S. The summed E-state index contributed by atoms with van der Waals surface area (Å²) in [5, 5.41) is 5.82. The van der Waals surface area contributed by atoms with Gasteiger partial charge in [0, 0.05) is 27.5 Å². The number of carbonyl (C=O) groups excluding carboxylic acids is 1. The van der Waals surface area contributed by atoms with E-state index in [4.69, 9.17) is 11.6 Å². The predicted molar refractivity (Wildman–Crippen MR) is 87.1 cm³/mol. The van der Waals surface area contributed by atoms with Crippen LogP contribution in [0.3, 0.4) is 0 Å². The van der Waals surface area contributed by atoms with Crippen molar-refractivity contribution < 1.29 is 22.5 Å². The van der Waals surface area contributed by atoms with E-state index in [0.717, 1.165) is 16.9 Å². The molecule has 3 aromatic heterocycles. The lowest BCUT2D eigenvalue weighted by atomic mass is 10.1. The van der Waals surface area contributed by atoms with Crippen LogP contribution in [-0.2, 0) is 6.18 Å². The van der Waals surface area contributed by atoms with Gasteiger partial charge >= 0.3 is 12.1 Å². The van der Waals surface area contributed by atoms with E-state index >= 15 is 0 Å². The van der Waals surface area contributed by atoms with E-state index in [1.165, 1.54) is 11.6 Å². The standard InChI is InChI=1S/C15H6ClF3N4O2S/c16-6-1-2-9-7(3-6)8(4-20-9)11(24)13-21-10(5-26-13)12-22-14(25-23-12)15(17,18)19/h1-5,20H. The van der Waals surface area contributed by atoms with Gasteiger partial charge in [0.05, 0.1) is 5.56 Å². The summed E-state index contributed by atoms with van der Waals surface area (Å²) >= 11 is 6.93. The fourth-order valence-corrected chi connectivity index (χ4v) is 3.24. The zero-order chi connectivity index (χ0) is 18.5. The number of carbonyl (C=O) groups is 1. The number of H-pyrrole nitrogens is 1. The minimum atomic E-state index is -4.75. The van der Waals surface area contributed by atoms with Crippen LogP contribution in [0.1, 0.15) is 21.3 Å². The van der Waals surface area contributed by atoms with Gasteiger partial charge < -0.3 is 9.51 Å². The Balaban J connectivity index is 1.68. The first-order valence-electron chi connectivity index (χ1n) is 7.01. The molecule has 1 aromatic carbocycles. The molecule has 0 saturated carbocycles. The summed E-state index contributed by atoms with van der Waals surface area (Å²) in [6.07, 6.45) is -3.22. The van der Waals surface area contributed by atoms with Gasteiger partial charge in [-0.05, 0) is 18.2 Å². The van der Waals surface area contributed by atoms with E-state index in [0.29, 0.717) is 16.0 Å². The van der Waals surface area contributed by atoms with Gasteiger partial charge in [-0.1, -0.05) is 16.8 Å². The number of alkyl halides is 3. The lowest BCUT2D eigenvalue weighted by Gasteiger charge is -1.96. The number of aromatic nitrogens is 4. The molecule has 26 heavy (non-hydrogen) atoms. The van der Waals surface area contributed by atoms with Crippen LogP contribution in [0.15, 0.2) is 34.3 Å². The summed E-state index contributed by atoms with van der Waals surface area (Å²) in [5.41, 5.74) is 1.10. The third kappa shape index (κ3) is 2.86. The van der Waals surface area contributed by atoms with E-state index < -0.39 is 17.9 Å². The van der Waals surface area contributed by atoms with Crippen LogP contribution < -0.4 is 0 Å². The van der Waals surface area contributed by atoms with Crippen molar-refractivity contribution in [3.05, 3.63) is 51.3 Å². The molecule has 0 radical (unpaired) electrons. The summed E-state index contributed by atoms with van der Waals surface area (Å²) < 4.78 is 41.8. The highest BCUT2D eigenvalue weighted by molar-refractivity contribution is 7.12. The van der Waals surface area contributed by atoms with Crippen molar-refractivity contribution in [3.63, 3.8) is 0 Å². The van der Waals surface area contributed by atoms with Crippen molar-refractivity contribution in [1.29, 1.82) is 0 Å². The molecule has 4 aromatic rings. The number of fused-ring (bicyclic) bond motifs is 1. The highest BCUT2D eigenvalue weighted by Crippen LogP contribution is 2.30. The monoisotopic (exact) mass is 398 g/mol. The summed E-state index contributed by atoms with van der Waals surface area (Å²) in [5.74, 6) is -2.21. The highest BCUT2D eigenvalue weighted by atomic mass is 35.5. The second-order valence-electron chi connectivity index (χ2n) is 5.18. The Labute approximate surface area is 151 Å². The first-order valence-corrected chi connectivity index (χ1v) is 8.27. The number of thiazole rings is 1. The van der Waals surface area contributed by atoms with Crippen molar-refractivity contribution >= 4 is 39.6 Å². The molecule has 0 unspecified atom stereocenters. The number of rotatable bonds is 3. The lowest BCUT2D eigenvalue weighted by molar-refractivity contribution is -0.159. The lowest BCUT2D eigenvalue weighted by Crippen LogP contribution is -2.04. The molecule has 4 rings (SSSR count). The number of nitrogens with zero attached hydrogens (tertiary/aromatic N) is 3. The normalized spacial score (nSPS) is 12.0. The first-order chi connectivity index (χ1) is 12.3. The maximum atomic E-state index is 12.7. The number of benzene rings is 1. The van der Waals surface area contributed by atoms with Crippen LogP contribution >= 0.6 is 22.9 Å². The van der Waals surface area contributed by atoms with Crippen molar-refractivity contribution in [2.24, 2.45) is 0 Å². The molecule has 3 heterocycles. The van der Waals surface area contributed by atoms with Crippen LogP contribution in [-0.4, -0.2) is 25.9 Å². The maximum Gasteiger partial charge on any atom is 0.471 e. The molecule has 11 heteroatoms. The maximum absolute atomic E-state index is 12.7. The van der Waals surface area contributed by atoms with Crippen molar-refractivity contribution in [1.82, 2.24) is 20.1 Å². The number of halogens is 4. The van der Waals surface area contributed by atoms with Crippen LogP contribution in [0.25, 0.3) is 22.4 Å². The second-order valence-corrected chi connectivity index (χ2v) is 6.47. The molecule has 0 aliphatic heterocycles. The van der Waals surface area contributed by atoms with E-state index in [2.05, 4.69) is 24.6 Å². The molecule has 0 amide bonds. The molecule has 0 bridgehead atoms.